The SMILES string of the molecule is CCCCCCCC/C=C\CCCCCCCCCCCC(=O)OC(COC(=O)CCCCCCCCCCC)COP(=O)(O)OCC(O)CO. The first kappa shape index (κ1) is 49.7. The quantitative estimate of drug-likeness (QED) is 0.0240. The number of unbranched alkanes of at least 4 members (excludes halogenated alkanes) is 23. The zero-order chi connectivity index (χ0) is 37.7. The van der Waals surface area contributed by atoms with Gasteiger partial charge in [-0.15, -0.1) is 0 Å². The molecule has 0 saturated heterocycles. The van der Waals surface area contributed by atoms with Gasteiger partial charge in [-0.1, -0.05) is 154 Å². The van der Waals surface area contributed by atoms with Crippen LogP contribution in [0.25, 0.3) is 0 Å². The van der Waals surface area contributed by atoms with E-state index in [0.29, 0.717) is 12.8 Å². The van der Waals surface area contributed by atoms with Crippen molar-refractivity contribution in [2.45, 2.75) is 206 Å². The summed E-state index contributed by atoms with van der Waals surface area (Å²) in [7, 11) is -4.61. The van der Waals surface area contributed by atoms with Crippen LogP contribution in [0.2, 0.25) is 0 Å². The average molecular weight is 749 g/mol. The molecule has 0 bridgehead atoms. The van der Waals surface area contributed by atoms with E-state index in [2.05, 4.69) is 30.5 Å². The Morgan fingerprint density at radius 3 is 1.41 bits per heavy atom. The minimum atomic E-state index is -4.61. The molecule has 0 aliphatic rings. The van der Waals surface area contributed by atoms with Gasteiger partial charge in [0, 0.05) is 12.8 Å². The first-order valence-electron chi connectivity index (χ1n) is 20.6. The summed E-state index contributed by atoms with van der Waals surface area (Å²) in [5, 5.41) is 18.3. The summed E-state index contributed by atoms with van der Waals surface area (Å²) in [6, 6.07) is 0. The van der Waals surface area contributed by atoms with Crippen molar-refractivity contribution in [3.8, 4) is 0 Å². The summed E-state index contributed by atoms with van der Waals surface area (Å²) in [6.45, 7) is 2.36. The number of phosphoric ester groups is 1. The van der Waals surface area contributed by atoms with Crippen molar-refractivity contribution in [1.29, 1.82) is 0 Å². The zero-order valence-electron chi connectivity index (χ0n) is 32.6. The minimum absolute atomic E-state index is 0.186. The largest absolute Gasteiger partial charge is 0.472 e. The molecule has 0 rings (SSSR count). The number of aliphatic hydroxyl groups excluding tert-OH is 2. The van der Waals surface area contributed by atoms with Crippen LogP contribution >= 0.6 is 7.82 Å². The Morgan fingerprint density at radius 2 is 0.961 bits per heavy atom. The molecule has 0 aromatic carbocycles. The molecule has 0 spiro atoms. The Bertz CT molecular complexity index is 868. The van der Waals surface area contributed by atoms with Crippen LogP contribution in [0.3, 0.4) is 0 Å². The maximum atomic E-state index is 12.6. The van der Waals surface area contributed by atoms with Gasteiger partial charge in [0.05, 0.1) is 19.8 Å². The fraction of sp³-hybridized carbons (Fsp3) is 0.900. The number of carbonyl (C=O) groups excluding carboxylic acids is 2. The first-order chi connectivity index (χ1) is 24.7. The number of carbonyl (C=O) groups is 2. The molecule has 0 aromatic heterocycles. The lowest BCUT2D eigenvalue weighted by Crippen LogP contribution is -2.29. The van der Waals surface area contributed by atoms with Crippen LogP contribution < -0.4 is 0 Å². The number of hydrogen-bond donors (Lipinski definition) is 3. The van der Waals surface area contributed by atoms with Crippen molar-refractivity contribution in [2.24, 2.45) is 0 Å². The van der Waals surface area contributed by atoms with Gasteiger partial charge in [0.2, 0.25) is 0 Å². The van der Waals surface area contributed by atoms with Crippen LogP contribution in [0.5, 0.6) is 0 Å². The standard InChI is InChI=1S/C40H77O10P/c1-3-5-7-9-11-13-14-15-16-17-18-19-20-21-22-24-26-28-30-32-40(44)50-38(36-49-51(45,46)48-34-37(42)33-41)35-47-39(43)31-29-27-25-23-12-10-8-6-4-2/h15-16,37-38,41-42H,3-14,17-36H2,1-2H3,(H,45,46)/b16-15-. The van der Waals surface area contributed by atoms with Gasteiger partial charge in [0.15, 0.2) is 6.10 Å². The lowest BCUT2D eigenvalue weighted by Gasteiger charge is -2.20. The van der Waals surface area contributed by atoms with Crippen molar-refractivity contribution in [3.63, 3.8) is 0 Å². The molecule has 11 heteroatoms. The van der Waals surface area contributed by atoms with Crippen LogP contribution in [-0.2, 0) is 32.7 Å². The molecule has 0 aliphatic carbocycles. The molecule has 0 aliphatic heterocycles. The van der Waals surface area contributed by atoms with Gasteiger partial charge in [-0.25, -0.2) is 4.57 Å². The number of aliphatic hydroxyl groups is 2. The van der Waals surface area contributed by atoms with Gasteiger partial charge in [0.1, 0.15) is 12.7 Å². The highest BCUT2D eigenvalue weighted by Gasteiger charge is 2.27. The zero-order valence-corrected chi connectivity index (χ0v) is 33.5. The molecule has 0 aromatic rings. The molecular weight excluding hydrogens is 671 g/mol. The number of phosphoric acid groups is 1. The van der Waals surface area contributed by atoms with Crippen LogP contribution in [-0.4, -0.2) is 65.7 Å². The fourth-order valence-electron chi connectivity index (χ4n) is 5.69. The topological polar surface area (TPSA) is 149 Å². The summed E-state index contributed by atoms with van der Waals surface area (Å²) < 4.78 is 32.6. The Kier molecular flexibility index (Phi) is 36.1. The van der Waals surface area contributed by atoms with E-state index in [1.54, 1.807) is 0 Å². The lowest BCUT2D eigenvalue weighted by atomic mass is 10.1. The van der Waals surface area contributed by atoms with E-state index < -0.39 is 51.8 Å². The molecular formula is C40H77O10P. The predicted octanol–water partition coefficient (Wildman–Crippen LogP) is 10.4. The molecule has 0 fully saturated rings. The normalized spacial score (nSPS) is 14.1. The fourth-order valence-corrected chi connectivity index (χ4v) is 6.48. The van der Waals surface area contributed by atoms with E-state index >= 15 is 0 Å². The van der Waals surface area contributed by atoms with Crippen molar-refractivity contribution in [3.05, 3.63) is 12.2 Å². The Hall–Kier alpha value is -1.29. The van der Waals surface area contributed by atoms with Crippen LogP contribution in [0, 0.1) is 0 Å². The van der Waals surface area contributed by atoms with E-state index in [9.17, 15) is 24.2 Å². The first-order valence-corrected chi connectivity index (χ1v) is 22.1. The molecule has 0 heterocycles. The van der Waals surface area contributed by atoms with E-state index in [1.807, 2.05) is 0 Å². The van der Waals surface area contributed by atoms with Gasteiger partial charge in [-0.3, -0.25) is 18.6 Å². The molecule has 3 N–H and O–H groups in total. The second-order valence-electron chi connectivity index (χ2n) is 14.0. The molecule has 3 unspecified atom stereocenters. The van der Waals surface area contributed by atoms with E-state index in [1.165, 1.54) is 116 Å². The van der Waals surface area contributed by atoms with Crippen molar-refractivity contribution in [1.82, 2.24) is 0 Å². The number of esters is 2. The summed E-state index contributed by atoms with van der Waals surface area (Å²) in [5.41, 5.74) is 0. The number of rotatable bonds is 39. The van der Waals surface area contributed by atoms with E-state index in [-0.39, 0.29) is 19.4 Å². The van der Waals surface area contributed by atoms with Gasteiger partial charge >= 0.3 is 19.8 Å². The van der Waals surface area contributed by atoms with Crippen LogP contribution in [0.15, 0.2) is 12.2 Å². The molecule has 0 amide bonds. The van der Waals surface area contributed by atoms with Crippen molar-refractivity contribution < 1.29 is 47.8 Å². The van der Waals surface area contributed by atoms with Crippen molar-refractivity contribution in [2.75, 3.05) is 26.4 Å². The Morgan fingerprint density at radius 1 is 0.569 bits per heavy atom. The highest BCUT2D eigenvalue weighted by molar-refractivity contribution is 7.47. The van der Waals surface area contributed by atoms with Crippen molar-refractivity contribution >= 4 is 19.8 Å². The molecule has 0 saturated carbocycles. The molecule has 3 atom stereocenters. The number of hydrogen-bond acceptors (Lipinski definition) is 9. The van der Waals surface area contributed by atoms with Gasteiger partial charge < -0.3 is 24.6 Å². The highest BCUT2D eigenvalue weighted by Crippen LogP contribution is 2.43. The maximum absolute atomic E-state index is 12.6. The molecule has 302 valence electrons. The lowest BCUT2D eigenvalue weighted by molar-refractivity contribution is -0.161. The third-order valence-corrected chi connectivity index (χ3v) is 9.87. The summed E-state index contributed by atoms with van der Waals surface area (Å²) in [5.74, 6) is -0.923. The maximum Gasteiger partial charge on any atom is 0.472 e. The monoisotopic (exact) mass is 749 g/mol. The third kappa shape index (κ3) is 36.8. The average Bonchev–Trinajstić information content (AvgIpc) is 3.12. The summed E-state index contributed by atoms with van der Waals surface area (Å²) in [4.78, 5) is 34.8. The summed E-state index contributed by atoms with van der Waals surface area (Å²) >= 11 is 0. The number of ether oxygens (including phenoxy) is 2. The van der Waals surface area contributed by atoms with Gasteiger partial charge in [-0.2, -0.15) is 0 Å². The predicted molar refractivity (Wildman–Crippen MR) is 205 cm³/mol. The molecule has 10 nitrogen and oxygen atoms in total. The second-order valence-corrected chi connectivity index (χ2v) is 15.5. The van der Waals surface area contributed by atoms with Crippen LogP contribution in [0.4, 0.5) is 0 Å². The van der Waals surface area contributed by atoms with Gasteiger partial charge in [0.25, 0.3) is 0 Å². The second kappa shape index (κ2) is 37.0. The summed E-state index contributed by atoms with van der Waals surface area (Å²) in [6.07, 6.45) is 33.3. The molecule has 51 heavy (non-hydrogen) atoms. The minimum Gasteiger partial charge on any atom is -0.462 e. The van der Waals surface area contributed by atoms with E-state index in [0.717, 1.165) is 38.5 Å². The van der Waals surface area contributed by atoms with Gasteiger partial charge in [-0.05, 0) is 38.5 Å². The Balaban J connectivity index is 4.23. The molecule has 0 radical (unpaired) electrons. The third-order valence-electron chi connectivity index (χ3n) is 8.92. The Labute approximate surface area is 311 Å². The number of allylic oxidation sites excluding steroid dienone is 2. The van der Waals surface area contributed by atoms with E-state index in [4.69, 9.17) is 19.1 Å². The van der Waals surface area contributed by atoms with Crippen LogP contribution in [0.1, 0.15) is 194 Å². The smallest absolute Gasteiger partial charge is 0.462 e. The highest BCUT2D eigenvalue weighted by atomic mass is 31.2.